The molecule has 0 amide bonds. The van der Waals surface area contributed by atoms with Crippen molar-refractivity contribution in [2.45, 2.75) is 71.6 Å². The molecule has 0 aliphatic carbocycles. The van der Waals surface area contributed by atoms with Gasteiger partial charge < -0.3 is 13.9 Å². The van der Waals surface area contributed by atoms with Crippen LogP contribution in [0.4, 0.5) is 5.69 Å². The van der Waals surface area contributed by atoms with Crippen molar-refractivity contribution in [2.75, 3.05) is 26.4 Å². The number of hydrogen-bond donors (Lipinski definition) is 0. The van der Waals surface area contributed by atoms with Gasteiger partial charge in [0.1, 0.15) is 5.69 Å². The molecule has 0 unspecified atom stereocenters. The van der Waals surface area contributed by atoms with Crippen LogP contribution in [0.25, 0.3) is 0 Å². The quantitative estimate of drug-likeness (QED) is 0.354. The SMILES string of the molecule is Cc1c([N+](=O)[O-])c(OC[C@@H](C)CO[Si](C)(C)C(C)(C)C)nn1C1CCOCC1. The lowest BCUT2D eigenvalue weighted by Gasteiger charge is -2.36. The highest BCUT2D eigenvalue weighted by Gasteiger charge is 2.37. The van der Waals surface area contributed by atoms with Crippen molar-refractivity contribution in [1.29, 1.82) is 0 Å². The lowest BCUT2D eigenvalue weighted by atomic mass is 10.1. The molecule has 0 N–H and O–H groups in total. The first kappa shape index (κ1) is 22.8. The van der Waals surface area contributed by atoms with Crippen molar-refractivity contribution in [3.63, 3.8) is 0 Å². The van der Waals surface area contributed by atoms with Crippen LogP contribution in [0.2, 0.25) is 18.1 Å². The summed E-state index contributed by atoms with van der Waals surface area (Å²) < 4.78 is 19.2. The maximum Gasteiger partial charge on any atom is 0.352 e. The summed E-state index contributed by atoms with van der Waals surface area (Å²) in [5.74, 6) is 0.218. The summed E-state index contributed by atoms with van der Waals surface area (Å²) in [4.78, 5) is 11.2. The molecule has 1 saturated heterocycles. The van der Waals surface area contributed by atoms with Crippen molar-refractivity contribution in [2.24, 2.45) is 5.92 Å². The number of nitro groups is 1. The van der Waals surface area contributed by atoms with Crippen LogP contribution in [0, 0.1) is 23.0 Å². The molecule has 0 spiro atoms. The van der Waals surface area contributed by atoms with Crippen LogP contribution in [-0.4, -0.2) is 49.4 Å². The van der Waals surface area contributed by atoms with Gasteiger partial charge in [-0.1, -0.05) is 27.7 Å². The van der Waals surface area contributed by atoms with Crippen LogP contribution in [0.5, 0.6) is 5.88 Å². The fourth-order valence-electron chi connectivity index (χ4n) is 2.91. The Morgan fingerprint density at radius 2 is 1.93 bits per heavy atom. The van der Waals surface area contributed by atoms with Crippen molar-refractivity contribution in [3.8, 4) is 5.88 Å². The van der Waals surface area contributed by atoms with Crippen LogP contribution in [-0.2, 0) is 9.16 Å². The van der Waals surface area contributed by atoms with E-state index >= 15 is 0 Å². The van der Waals surface area contributed by atoms with Gasteiger partial charge in [-0.3, -0.25) is 14.8 Å². The molecule has 1 atom stereocenters. The lowest BCUT2D eigenvalue weighted by molar-refractivity contribution is -0.386. The fourth-order valence-corrected chi connectivity index (χ4v) is 4.05. The molecule has 160 valence electrons. The monoisotopic (exact) mass is 413 g/mol. The van der Waals surface area contributed by atoms with E-state index in [1.165, 1.54) is 0 Å². The van der Waals surface area contributed by atoms with Crippen molar-refractivity contribution in [3.05, 3.63) is 15.8 Å². The summed E-state index contributed by atoms with van der Waals surface area (Å²) in [7, 11) is -1.83. The lowest BCUT2D eigenvalue weighted by Crippen LogP contribution is -2.42. The molecule has 2 rings (SSSR count). The number of ether oxygens (including phenoxy) is 2. The molecule has 2 heterocycles. The minimum atomic E-state index is -1.83. The van der Waals surface area contributed by atoms with Crippen LogP contribution in [0.1, 0.15) is 52.3 Å². The molecule has 0 saturated carbocycles. The Hall–Kier alpha value is -1.45. The Morgan fingerprint density at radius 1 is 1.32 bits per heavy atom. The van der Waals surface area contributed by atoms with Crippen LogP contribution in [0.3, 0.4) is 0 Å². The molecule has 1 aromatic heterocycles. The smallest absolute Gasteiger partial charge is 0.352 e. The van der Waals surface area contributed by atoms with Gasteiger partial charge in [-0.05, 0) is 37.9 Å². The predicted molar refractivity (Wildman–Crippen MR) is 111 cm³/mol. The Labute approximate surface area is 168 Å². The Morgan fingerprint density at radius 3 is 2.46 bits per heavy atom. The molecule has 0 radical (unpaired) electrons. The fraction of sp³-hybridized carbons (Fsp3) is 0.842. The van der Waals surface area contributed by atoms with E-state index in [-0.39, 0.29) is 28.6 Å². The Bertz CT molecular complexity index is 678. The van der Waals surface area contributed by atoms with E-state index in [0.29, 0.717) is 32.1 Å². The molecule has 1 aromatic rings. The maximum atomic E-state index is 11.6. The van der Waals surface area contributed by atoms with Crippen LogP contribution >= 0.6 is 0 Å². The second kappa shape index (κ2) is 8.92. The van der Waals surface area contributed by atoms with Gasteiger partial charge in [-0.2, -0.15) is 0 Å². The topological polar surface area (TPSA) is 88.7 Å². The predicted octanol–water partition coefficient (Wildman–Crippen LogP) is 4.49. The highest BCUT2D eigenvalue weighted by atomic mass is 28.4. The number of rotatable bonds is 8. The standard InChI is InChI=1S/C19H35N3O5Si/c1-14(13-27-28(6,7)19(3,4)5)12-26-18-17(22(23)24)15(2)21(20-18)16-8-10-25-11-9-16/h14,16H,8-13H2,1-7H3/t14-/m1/s1. The highest BCUT2D eigenvalue weighted by Crippen LogP contribution is 2.37. The molecule has 1 fully saturated rings. The van der Waals surface area contributed by atoms with E-state index in [1.807, 2.05) is 6.92 Å². The molecule has 1 aliphatic heterocycles. The summed E-state index contributed by atoms with van der Waals surface area (Å²) in [6.07, 6.45) is 1.60. The molecule has 28 heavy (non-hydrogen) atoms. The van der Waals surface area contributed by atoms with Crippen molar-refractivity contribution >= 4 is 14.0 Å². The molecular weight excluding hydrogens is 378 g/mol. The van der Waals surface area contributed by atoms with Gasteiger partial charge in [0.15, 0.2) is 8.32 Å². The van der Waals surface area contributed by atoms with Gasteiger partial charge in [-0.15, -0.1) is 5.10 Å². The zero-order valence-electron chi connectivity index (χ0n) is 18.3. The third-order valence-corrected chi connectivity index (χ3v) is 10.3. The molecule has 1 aliphatic rings. The summed E-state index contributed by atoms with van der Waals surface area (Å²) in [5, 5.41) is 16.2. The van der Waals surface area contributed by atoms with E-state index in [4.69, 9.17) is 13.9 Å². The minimum absolute atomic E-state index is 0.0380. The molecule has 0 aromatic carbocycles. The van der Waals surface area contributed by atoms with E-state index in [1.54, 1.807) is 11.6 Å². The number of aromatic nitrogens is 2. The van der Waals surface area contributed by atoms with E-state index < -0.39 is 13.2 Å². The van der Waals surface area contributed by atoms with Gasteiger partial charge in [0.05, 0.1) is 17.6 Å². The molecule has 9 heteroatoms. The maximum absolute atomic E-state index is 11.6. The highest BCUT2D eigenvalue weighted by molar-refractivity contribution is 6.74. The Kier molecular flexibility index (Phi) is 7.27. The first-order valence-electron chi connectivity index (χ1n) is 10.0. The van der Waals surface area contributed by atoms with E-state index in [9.17, 15) is 10.1 Å². The van der Waals surface area contributed by atoms with E-state index in [0.717, 1.165) is 12.8 Å². The summed E-state index contributed by atoms with van der Waals surface area (Å²) >= 11 is 0. The van der Waals surface area contributed by atoms with Gasteiger partial charge in [-0.25, -0.2) is 0 Å². The van der Waals surface area contributed by atoms with E-state index in [2.05, 4.69) is 39.0 Å². The second-order valence-corrected chi connectivity index (χ2v) is 14.1. The number of hydrogen-bond acceptors (Lipinski definition) is 6. The second-order valence-electron chi connectivity index (χ2n) is 9.27. The summed E-state index contributed by atoms with van der Waals surface area (Å²) in [5.41, 5.74) is 0.501. The first-order valence-corrected chi connectivity index (χ1v) is 12.9. The zero-order valence-corrected chi connectivity index (χ0v) is 19.3. The average Bonchev–Trinajstić information content (AvgIpc) is 2.94. The molecule has 0 bridgehead atoms. The first-order chi connectivity index (χ1) is 12.9. The van der Waals surface area contributed by atoms with Gasteiger partial charge in [0.25, 0.3) is 0 Å². The third-order valence-electron chi connectivity index (χ3n) is 5.85. The van der Waals surface area contributed by atoms with Gasteiger partial charge >= 0.3 is 11.6 Å². The van der Waals surface area contributed by atoms with Crippen LogP contribution in [0.15, 0.2) is 0 Å². The average molecular weight is 414 g/mol. The zero-order chi connectivity index (χ0) is 21.1. The minimum Gasteiger partial charge on any atom is -0.471 e. The molecular formula is C19H35N3O5Si. The molecule has 8 nitrogen and oxygen atoms in total. The Balaban J connectivity index is 2.04. The van der Waals surface area contributed by atoms with Gasteiger partial charge in [0.2, 0.25) is 0 Å². The van der Waals surface area contributed by atoms with Gasteiger partial charge in [0, 0.05) is 25.7 Å². The third kappa shape index (κ3) is 5.33. The largest absolute Gasteiger partial charge is 0.471 e. The van der Waals surface area contributed by atoms with Crippen molar-refractivity contribution in [1.82, 2.24) is 9.78 Å². The van der Waals surface area contributed by atoms with Crippen molar-refractivity contribution < 1.29 is 18.8 Å². The summed E-state index contributed by atoms with van der Waals surface area (Å²) in [6, 6.07) is 0.115. The summed E-state index contributed by atoms with van der Waals surface area (Å²) in [6.45, 7) is 17.0. The van der Waals surface area contributed by atoms with Crippen LogP contribution < -0.4 is 4.74 Å². The normalized spacial score (nSPS) is 17.5. The number of nitrogens with zero attached hydrogens (tertiary/aromatic N) is 3.